The Hall–Kier alpha value is -1.95. The molecule has 2 fully saturated rings. The summed E-state index contributed by atoms with van der Waals surface area (Å²) in [5.41, 5.74) is 6.47. The molecule has 0 radical (unpaired) electrons. The Morgan fingerprint density at radius 1 is 1.22 bits per heavy atom. The van der Waals surface area contributed by atoms with Crippen molar-refractivity contribution in [1.82, 2.24) is 14.8 Å². The van der Waals surface area contributed by atoms with Crippen LogP contribution in [-0.4, -0.2) is 52.8 Å². The maximum atomic E-state index is 12.7. The van der Waals surface area contributed by atoms with Gasteiger partial charge >= 0.3 is 0 Å². The van der Waals surface area contributed by atoms with Crippen molar-refractivity contribution in [2.24, 2.45) is 11.7 Å². The molecule has 2 N–H and O–H groups in total. The van der Waals surface area contributed by atoms with Crippen molar-refractivity contribution >= 4 is 11.8 Å². The number of hydrogen-bond donors (Lipinski definition) is 1. The number of nitrogens with zero attached hydrogens (tertiary/aromatic N) is 3. The lowest BCUT2D eigenvalue weighted by atomic mass is 9.96. The van der Waals surface area contributed by atoms with E-state index in [1.165, 1.54) is 0 Å². The molecule has 6 heteroatoms. The average molecular weight is 316 g/mol. The Morgan fingerprint density at radius 3 is 2.65 bits per heavy atom. The van der Waals surface area contributed by atoms with Crippen molar-refractivity contribution in [2.75, 3.05) is 26.2 Å². The summed E-state index contributed by atoms with van der Waals surface area (Å²) in [5, 5.41) is 0. The molecule has 1 aromatic rings. The number of rotatable bonds is 4. The molecule has 0 saturated carbocycles. The lowest BCUT2D eigenvalue weighted by Gasteiger charge is -2.32. The first-order valence-electron chi connectivity index (χ1n) is 8.36. The lowest BCUT2D eigenvalue weighted by Crippen LogP contribution is -2.44. The van der Waals surface area contributed by atoms with Crippen LogP contribution in [0.25, 0.3) is 0 Å². The third-order valence-corrected chi connectivity index (χ3v) is 4.99. The Bertz CT molecular complexity index is 555. The van der Waals surface area contributed by atoms with Gasteiger partial charge in [-0.15, -0.1) is 0 Å². The van der Waals surface area contributed by atoms with Gasteiger partial charge in [0, 0.05) is 24.9 Å². The van der Waals surface area contributed by atoms with Crippen LogP contribution in [0.3, 0.4) is 0 Å². The van der Waals surface area contributed by atoms with E-state index >= 15 is 0 Å². The molecule has 0 bridgehead atoms. The van der Waals surface area contributed by atoms with E-state index in [-0.39, 0.29) is 23.8 Å². The molecule has 0 aromatic carbocycles. The first kappa shape index (κ1) is 15.9. The predicted molar refractivity (Wildman–Crippen MR) is 86.3 cm³/mol. The van der Waals surface area contributed by atoms with E-state index in [2.05, 4.69) is 9.88 Å². The predicted octanol–water partition coefficient (Wildman–Crippen LogP) is 0.942. The zero-order valence-corrected chi connectivity index (χ0v) is 13.4. The zero-order chi connectivity index (χ0) is 16.2. The van der Waals surface area contributed by atoms with Crippen molar-refractivity contribution < 1.29 is 9.59 Å². The molecule has 1 aromatic heterocycles. The molecule has 1 atom stereocenters. The fourth-order valence-electron chi connectivity index (χ4n) is 3.64. The number of likely N-dealkylation sites (tertiary alicyclic amines) is 2. The average Bonchev–Trinajstić information content (AvgIpc) is 3.06. The Balaban J connectivity index is 1.57. The van der Waals surface area contributed by atoms with Crippen LogP contribution in [0.2, 0.25) is 0 Å². The lowest BCUT2D eigenvalue weighted by molar-refractivity contribution is -0.133. The number of nitrogens with two attached hydrogens (primary N) is 1. The fraction of sp³-hybridized carbons (Fsp3) is 0.588. The van der Waals surface area contributed by atoms with E-state index in [4.69, 9.17) is 5.73 Å². The van der Waals surface area contributed by atoms with E-state index in [0.29, 0.717) is 6.54 Å². The summed E-state index contributed by atoms with van der Waals surface area (Å²) in [6.07, 6.45) is 7.17. The van der Waals surface area contributed by atoms with Gasteiger partial charge in [-0.2, -0.15) is 0 Å². The molecule has 3 heterocycles. The van der Waals surface area contributed by atoms with Gasteiger partial charge in [0.15, 0.2) is 0 Å². The van der Waals surface area contributed by atoms with Crippen LogP contribution < -0.4 is 5.73 Å². The molecule has 2 aliphatic heterocycles. The minimum Gasteiger partial charge on any atom is -0.369 e. The van der Waals surface area contributed by atoms with Crippen LogP contribution in [0.15, 0.2) is 24.5 Å². The quantitative estimate of drug-likeness (QED) is 0.896. The van der Waals surface area contributed by atoms with Gasteiger partial charge in [-0.05, 0) is 50.4 Å². The highest BCUT2D eigenvalue weighted by atomic mass is 16.2. The summed E-state index contributed by atoms with van der Waals surface area (Å²) in [6.45, 7) is 2.79. The zero-order valence-electron chi connectivity index (χ0n) is 13.4. The third kappa shape index (κ3) is 3.69. The van der Waals surface area contributed by atoms with E-state index in [1.54, 1.807) is 6.20 Å². The maximum absolute atomic E-state index is 12.7. The van der Waals surface area contributed by atoms with Crippen molar-refractivity contribution in [2.45, 2.75) is 31.7 Å². The maximum Gasteiger partial charge on any atom is 0.237 e. The molecule has 0 aliphatic carbocycles. The van der Waals surface area contributed by atoms with Crippen molar-refractivity contribution in [3.8, 4) is 0 Å². The number of carbonyl (C=O) groups is 2. The Morgan fingerprint density at radius 2 is 2.00 bits per heavy atom. The first-order valence-corrected chi connectivity index (χ1v) is 8.36. The van der Waals surface area contributed by atoms with Gasteiger partial charge in [0.05, 0.1) is 12.6 Å². The third-order valence-electron chi connectivity index (χ3n) is 4.99. The van der Waals surface area contributed by atoms with Gasteiger partial charge in [-0.1, -0.05) is 6.07 Å². The normalized spacial score (nSPS) is 23.1. The highest BCUT2D eigenvalue weighted by molar-refractivity contribution is 5.79. The molecule has 6 nitrogen and oxygen atoms in total. The molecule has 124 valence electrons. The second kappa shape index (κ2) is 7.08. The molecule has 2 amide bonds. The van der Waals surface area contributed by atoms with Gasteiger partial charge in [0.1, 0.15) is 0 Å². The minimum absolute atomic E-state index is 0.0312. The smallest absolute Gasteiger partial charge is 0.237 e. The molecule has 1 unspecified atom stereocenters. The van der Waals surface area contributed by atoms with E-state index in [9.17, 15) is 9.59 Å². The number of piperidine rings is 1. The van der Waals surface area contributed by atoms with Crippen LogP contribution in [0.1, 0.15) is 37.3 Å². The molecule has 2 aliphatic rings. The van der Waals surface area contributed by atoms with E-state index < -0.39 is 0 Å². The van der Waals surface area contributed by atoms with Crippen LogP contribution in [0.5, 0.6) is 0 Å². The molecule has 3 rings (SSSR count). The molecule has 23 heavy (non-hydrogen) atoms. The van der Waals surface area contributed by atoms with Gasteiger partial charge in [-0.3, -0.25) is 19.5 Å². The second-order valence-corrected chi connectivity index (χ2v) is 6.48. The second-order valence-electron chi connectivity index (χ2n) is 6.48. The van der Waals surface area contributed by atoms with Gasteiger partial charge in [-0.25, -0.2) is 0 Å². The van der Waals surface area contributed by atoms with Gasteiger partial charge in [0.2, 0.25) is 11.8 Å². The van der Waals surface area contributed by atoms with E-state index in [1.807, 2.05) is 23.2 Å². The standard InChI is InChI=1S/C17H24N4O2/c18-17(23)13-5-9-20(10-6-13)12-16(22)21-8-2-4-15(21)14-3-1-7-19-11-14/h1,3,7,11,13,15H,2,4-6,8-10,12H2,(H2,18,23). The number of pyridine rings is 1. The minimum atomic E-state index is -0.216. The van der Waals surface area contributed by atoms with E-state index in [0.717, 1.165) is 50.9 Å². The number of primary amides is 1. The van der Waals surface area contributed by atoms with Crippen LogP contribution in [-0.2, 0) is 9.59 Å². The topological polar surface area (TPSA) is 79.5 Å². The highest BCUT2D eigenvalue weighted by Gasteiger charge is 2.32. The van der Waals surface area contributed by atoms with Gasteiger partial charge in [0.25, 0.3) is 0 Å². The summed E-state index contributed by atoms with van der Waals surface area (Å²) in [5.74, 6) is -0.0719. The van der Waals surface area contributed by atoms with Crippen LogP contribution in [0.4, 0.5) is 0 Å². The summed E-state index contributed by atoms with van der Waals surface area (Å²) < 4.78 is 0. The molecular formula is C17H24N4O2. The number of carbonyl (C=O) groups excluding carboxylic acids is 2. The van der Waals surface area contributed by atoms with Crippen molar-refractivity contribution in [1.29, 1.82) is 0 Å². The molecule has 2 saturated heterocycles. The monoisotopic (exact) mass is 316 g/mol. The number of aromatic nitrogens is 1. The highest BCUT2D eigenvalue weighted by Crippen LogP contribution is 2.31. The molecular weight excluding hydrogens is 292 g/mol. The van der Waals surface area contributed by atoms with Crippen LogP contribution in [0, 0.1) is 5.92 Å². The van der Waals surface area contributed by atoms with Crippen molar-refractivity contribution in [3.63, 3.8) is 0 Å². The summed E-state index contributed by atoms with van der Waals surface area (Å²) in [7, 11) is 0. The number of hydrogen-bond acceptors (Lipinski definition) is 4. The SMILES string of the molecule is NC(=O)C1CCN(CC(=O)N2CCCC2c2cccnc2)CC1. The summed E-state index contributed by atoms with van der Waals surface area (Å²) in [4.78, 5) is 32.2. The Kier molecular flexibility index (Phi) is 4.91. The summed E-state index contributed by atoms with van der Waals surface area (Å²) in [6, 6.07) is 4.12. The first-order chi connectivity index (χ1) is 11.1. The van der Waals surface area contributed by atoms with Gasteiger partial charge < -0.3 is 10.6 Å². The Labute approximate surface area is 136 Å². The fourth-order valence-corrected chi connectivity index (χ4v) is 3.64. The molecule has 0 spiro atoms. The number of amides is 2. The largest absolute Gasteiger partial charge is 0.369 e. The van der Waals surface area contributed by atoms with Crippen LogP contribution >= 0.6 is 0 Å². The summed E-state index contributed by atoms with van der Waals surface area (Å²) >= 11 is 0. The van der Waals surface area contributed by atoms with Crippen molar-refractivity contribution in [3.05, 3.63) is 30.1 Å².